The third-order valence-electron chi connectivity index (χ3n) is 10.0. The Morgan fingerprint density at radius 1 is 0.804 bits per heavy atom. The lowest BCUT2D eigenvalue weighted by Gasteiger charge is -2.41. The lowest BCUT2D eigenvalue weighted by atomic mass is 9.90. The summed E-state index contributed by atoms with van der Waals surface area (Å²) in [6, 6.07) is 22.5. The summed E-state index contributed by atoms with van der Waals surface area (Å²) < 4.78 is 19.4. The van der Waals surface area contributed by atoms with Crippen LogP contribution in [0, 0.1) is 0 Å². The zero-order valence-corrected chi connectivity index (χ0v) is 27.9. The number of hydrogen-bond acceptors (Lipinski definition) is 7. The van der Waals surface area contributed by atoms with E-state index in [0.717, 1.165) is 50.7 Å². The standard InChI is InChI=1S/C39H46N2O4S/c1-43-35-13-9-10-32-36(38(46-39(32)35)29-16-18-30(19-17-29)44-27-26-40-22-7-8-23-40)37(42)28-14-20-31(21-15-28)45-34-12-4-3-11-33(34)41-24-5-2-6-25-41/h9-10,13-21,33-34H,2-8,11-12,22-27H2,1H3. The van der Waals surface area contributed by atoms with Crippen molar-refractivity contribution in [1.82, 2.24) is 9.80 Å². The topological polar surface area (TPSA) is 51.2 Å². The Kier molecular flexibility index (Phi) is 9.89. The molecule has 7 rings (SSSR count). The van der Waals surface area contributed by atoms with Crippen molar-refractivity contribution in [2.45, 2.75) is 69.9 Å². The number of thiophene rings is 1. The largest absolute Gasteiger partial charge is 0.495 e. The molecule has 0 amide bonds. The molecule has 4 aromatic rings. The highest BCUT2D eigenvalue weighted by molar-refractivity contribution is 7.23. The molecule has 3 heterocycles. The van der Waals surface area contributed by atoms with Gasteiger partial charge in [-0.3, -0.25) is 14.6 Å². The van der Waals surface area contributed by atoms with Crippen molar-refractivity contribution in [2.24, 2.45) is 0 Å². The highest BCUT2D eigenvalue weighted by atomic mass is 32.1. The fraction of sp³-hybridized carbons (Fsp3) is 0.462. The van der Waals surface area contributed by atoms with Gasteiger partial charge in [0.2, 0.25) is 0 Å². The summed E-state index contributed by atoms with van der Waals surface area (Å²) in [6.07, 6.45) is 11.5. The molecular formula is C39H46N2O4S. The van der Waals surface area contributed by atoms with Gasteiger partial charge in [0.25, 0.3) is 0 Å². The van der Waals surface area contributed by atoms with Gasteiger partial charge in [0.1, 0.15) is 30.0 Å². The van der Waals surface area contributed by atoms with Gasteiger partial charge in [-0.2, -0.15) is 0 Å². The van der Waals surface area contributed by atoms with Gasteiger partial charge in [0.15, 0.2) is 5.78 Å². The van der Waals surface area contributed by atoms with Crippen LogP contribution in [0.15, 0.2) is 66.7 Å². The molecule has 0 radical (unpaired) electrons. The molecule has 0 bridgehead atoms. The Hall–Kier alpha value is -3.39. The zero-order valence-electron chi connectivity index (χ0n) is 27.0. The third kappa shape index (κ3) is 6.83. The van der Waals surface area contributed by atoms with E-state index in [0.29, 0.717) is 23.8 Å². The van der Waals surface area contributed by atoms with Gasteiger partial charge in [-0.05, 0) is 131 Å². The van der Waals surface area contributed by atoms with Crippen LogP contribution in [0.1, 0.15) is 73.7 Å². The Morgan fingerprint density at radius 3 is 2.28 bits per heavy atom. The second-order valence-electron chi connectivity index (χ2n) is 13.0. The molecule has 2 aliphatic heterocycles. The van der Waals surface area contributed by atoms with E-state index < -0.39 is 0 Å². The minimum atomic E-state index is 0.0100. The molecule has 3 aliphatic rings. The molecule has 2 unspecified atom stereocenters. The number of piperidine rings is 1. The van der Waals surface area contributed by atoms with Crippen molar-refractivity contribution >= 4 is 27.2 Å². The average molecular weight is 639 g/mol. The smallest absolute Gasteiger partial charge is 0.195 e. The normalized spacial score (nSPS) is 21.0. The molecule has 3 fully saturated rings. The van der Waals surface area contributed by atoms with E-state index in [2.05, 4.69) is 21.9 Å². The monoisotopic (exact) mass is 638 g/mol. The van der Waals surface area contributed by atoms with Gasteiger partial charge < -0.3 is 14.2 Å². The Labute approximate surface area is 277 Å². The number of methoxy groups -OCH3 is 1. The molecule has 2 saturated heterocycles. The lowest BCUT2D eigenvalue weighted by molar-refractivity contribution is 0.0261. The SMILES string of the molecule is COc1cccc2c(C(=O)c3ccc(OC4CCCCC4N4CCCCC4)cc3)c(-c3ccc(OCCN4CCCC4)cc3)sc12. The number of fused-ring (bicyclic) bond motifs is 1. The van der Waals surface area contributed by atoms with E-state index in [9.17, 15) is 4.79 Å². The molecule has 7 heteroatoms. The summed E-state index contributed by atoms with van der Waals surface area (Å²) in [5.74, 6) is 2.49. The van der Waals surface area contributed by atoms with Crippen molar-refractivity contribution in [1.29, 1.82) is 0 Å². The molecule has 3 aromatic carbocycles. The number of benzene rings is 3. The third-order valence-corrected chi connectivity index (χ3v) is 11.3. The number of likely N-dealkylation sites (tertiary alicyclic amines) is 2. The van der Waals surface area contributed by atoms with Crippen LogP contribution >= 0.6 is 11.3 Å². The van der Waals surface area contributed by atoms with E-state index in [4.69, 9.17) is 14.2 Å². The van der Waals surface area contributed by atoms with Crippen LogP contribution in [0.2, 0.25) is 0 Å². The van der Waals surface area contributed by atoms with Crippen LogP contribution in [0.5, 0.6) is 17.2 Å². The van der Waals surface area contributed by atoms with Crippen LogP contribution in [0.25, 0.3) is 20.5 Å². The minimum absolute atomic E-state index is 0.0100. The number of carbonyl (C=O) groups excluding carboxylic acids is 1. The summed E-state index contributed by atoms with van der Waals surface area (Å²) in [5, 5.41) is 0.919. The van der Waals surface area contributed by atoms with Gasteiger partial charge >= 0.3 is 0 Å². The molecule has 6 nitrogen and oxygen atoms in total. The first-order chi connectivity index (χ1) is 22.7. The highest BCUT2D eigenvalue weighted by Crippen LogP contribution is 2.44. The van der Waals surface area contributed by atoms with Gasteiger partial charge in [-0.1, -0.05) is 25.0 Å². The molecule has 0 N–H and O–H groups in total. The molecule has 1 aromatic heterocycles. The second-order valence-corrected chi connectivity index (χ2v) is 14.0. The van der Waals surface area contributed by atoms with Gasteiger partial charge in [-0.25, -0.2) is 0 Å². The quantitative estimate of drug-likeness (QED) is 0.154. The summed E-state index contributed by atoms with van der Waals surface area (Å²) in [6.45, 7) is 6.36. The first-order valence-electron chi connectivity index (χ1n) is 17.3. The second kappa shape index (κ2) is 14.6. The molecular weight excluding hydrogens is 593 g/mol. The van der Waals surface area contributed by atoms with Crippen LogP contribution in [0.3, 0.4) is 0 Å². The summed E-state index contributed by atoms with van der Waals surface area (Å²) >= 11 is 1.61. The summed E-state index contributed by atoms with van der Waals surface area (Å²) in [4.78, 5) is 20.4. The number of nitrogens with zero attached hydrogens (tertiary/aromatic N) is 2. The molecule has 2 atom stereocenters. The van der Waals surface area contributed by atoms with Crippen LogP contribution < -0.4 is 14.2 Å². The Bertz CT molecular complexity index is 1600. The van der Waals surface area contributed by atoms with E-state index in [1.165, 1.54) is 77.5 Å². The molecule has 242 valence electrons. The molecule has 1 saturated carbocycles. The van der Waals surface area contributed by atoms with Gasteiger partial charge in [0.05, 0.1) is 11.8 Å². The lowest BCUT2D eigenvalue weighted by Crippen LogP contribution is -2.49. The van der Waals surface area contributed by atoms with E-state index in [1.807, 2.05) is 54.6 Å². The van der Waals surface area contributed by atoms with Gasteiger partial charge in [0, 0.05) is 34.0 Å². The Balaban J connectivity index is 1.11. The van der Waals surface area contributed by atoms with Crippen molar-refractivity contribution in [3.05, 3.63) is 77.9 Å². The fourth-order valence-electron chi connectivity index (χ4n) is 7.57. The number of ketones is 1. The fourth-order valence-corrected chi connectivity index (χ4v) is 8.87. The van der Waals surface area contributed by atoms with E-state index >= 15 is 0 Å². The first kappa shape index (κ1) is 31.2. The van der Waals surface area contributed by atoms with Crippen LogP contribution in [0.4, 0.5) is 0 Å². The zero-order chi connectivity index (χ0) is 31.3. The van der Waals surface area contributed by atoms with Crippen molar-refractivity contribution in [3.8, 4) is 27.7 Å². The minimum Gasteiger partial charge on any atom is -0.495 e. The molecule has 0 spiro atoms. The Morgan fingerprint density at radius 2 is 1.52 bits per heavy atom. The average Bonchev–Trinajstić information content (AvgIpc) is 3.78. The number of carbonyl (C=O) groups is 1. The summed E-state index contributed by atoms with van der Waals surface area (Å²) in [5.41, 5.74) is 2.38. The van der Waals surface area contributed by atoms with Crippen molar-refractivity contribution in [2.75, 3.05) is 46.4 Å². The van der Waals surface area contributed by atoms with Crippen LogP contribution in [-0.2, 0) is 0 Å². The summed E-state index contributed by atoms with van der Waals surface area (Å²) in [7, 11) is 1.69. The maximum atomic E-state index is 14.3. The van der Waals surface area contributed by atoms with E-state index in [1.54, 1.807) is 18.4 Å². The van der Waals surface area contributed by atoms with Crippen LogP contribution in [-0.4, -0.2) is 74.2 Å². The molecule has 1 aliphatic carbocycles. The van der Waals surface area contributed by atoms with Crippen molar-refractivity contribution in [3.63, 3.8) is 0 Å². The van der Waals surface area contributed by atoms with Crippen molar-refractivity contribution < 1.29 is 19.0 Å². The highest BCUT2D eigenvalue weighted by Gasteiger charge is 2.32. The maximum absolute atomic E-state index is 14.3. The number of ether oxygens (including phenoxy) is 3. The first-order valence-corrected chi connectivity index (χ1v) is 18.1. The predicted molar refractivity (Wildman–Crippen MR) is 187 cm³/mol. The van der Waals surface area contributed by atoms with E-state index in [-0.39, 0.29) is 11.9 Å². The number of hydrogen-bond donors (Lipinski definition) is 0. The van der Waals surface area contributed by atoms with Gasteiger partial charge in [-0.15, -0.1) is 11.3 Å². The predicted octanol–water partition coefficient (Wildman–Crippen LogP) is 8.46. The maximum Gasteiger partial charge on any atom is 0.195 e. The number of rotatable bonds is 11. The molecule has 46 heavy (non-hydrogen) atoms.